The smallest absolute Gasteiger partial charge is 0.138 e. The van der Waals surface area contributed by atoms with Crippen LogP contribution in [0.3, 0.4) is 0 Å². The Morgan fingerprint density at radius 2 is 2.00 bits per heavy atom. The van der Waals surface area contributed by atoms with Crippen LogP contribution in [-0.2, 0) is 9.63 Å². The van der Waals surface area contributed by atoms with Crippen LogP contribution in [0.25, 0.3) is 0 Å². The second kappa shape index (κ2) is 4.46. The predicted octanol–water partition coefficient (Wildman–Crippen LogP) is 1.27. The average molecular weight is 159 g/mol. The van der Waals surface area contributed by atoms with Gasteiger partial charge in [-0.2, -0.15) is 0 Å². The van der Waals surface area contributed by atoms with E-state index in [4.69, 9.17) is 5.90 Å². The van der Waals surface area contributed by atoms with E-state index >= 15 is 0 Å². The van der Waals surface area contributed by atoms with Crippen molar-refractivity contribution < 1.29 is 9.63 Å². The SMILES string of the molecule is CC(C)(C)C(=O)CCCON. The molecule has 3 nitrogen and oxygen atoms in total. The molecule has 0 fully saturated rings. The average Bonchev–Trinajstić information content (AvgIpc) is 1.86. The van der Waals surface area contributed by atoms with Crippen molar-refractivity contribution in [1.29, 1.82) is 0 Å². The molecule has 0 aliphatic carbocycles. The first-order valence-corrected chi connectivity index (χ1v) is 3.83. The van der Waals surface area contributed by atoms with Crippen LogP contribution in [0.4, 0.5) is 0 Å². The van der Waals surface area contributed by atoms with Crippen molar-refractivity contribution in [1.82, 2.24) is 0 Å². The zero-order valence-corrected chi connectivity index (χ0v) is 7.52. The lowest BCUT2D eigenvalue weighted by molar-refractivity contribution is -0.126. The number of ketones is 1. The highest BCUT2D eigenvalue weighted by Gasteiger charge is 2.19. The summed E-state index contributed by atoms with van der Waals surface area (Å²) in [5.74, 6) is 5.07. The number of hydrogen-bond acceptors (Lipinski definition) is 3. The van der Waals surface area contributed by atoms with Crippen LogP contribution in [0.1, 0.15) is 33.6 Å². The predicted molar refractivity (Wildman–Crippen MR) is 43.8 cm³/mol. The fourth-order valence-electron chi connectivity index (χ4n) is 0.691. The van der Waals surface area contributed by atoms with Gasteiger partial charge in [0.15, 0.2) is 0 Å². The molecule has 0 aliphatic rings. The molecule has 0 aromatic heterocycles. The van der Waals surface area contributed by atoms with E-state index in [9.17, 15) is 4.79 Å². The van der Waals surface area contributed by atoms with Crippen LogP contribution >= 0.6 is 0 Å². The van der Waals surface area contributed by atoms with Crippen LogP contribution in [0.15, 0.2) is 0 Å². The normalized spacial score (nSPS) is 11.6. The lowest BCUT2D eigenvalue weighted by Crippen LogP contribution is -2.20. The van der Waals surface area contributed by atoms with E-state index in [1.807, 2.05) is 20.8 Å². The first-order chi connectivity index (χ1) is 4.98. The van der Waals surface area contributed by atoms with Gasteiger partial charge in [-0.05, 0) is 6.42 Å². The Balaban J connectivity index is 3.54. The monoisotopic (exact) mass is 159 g/mol. The first kappa shape index (κ1) is 10.6. The van der Waals surface area contributed by atoms with Gasteiger partial charge in [0.2, 0.25) is 0 Å². The van der Waals surface area contributed by atoms with E-state index in [1.54, 1.807) is 0 Å². The van der Waals surface area contributed by atoms with Gasteiger partial charge in [0.25, 0.3) is 0 Å². The van der Waals surface area contributed by atoms with Crippen molar-refractivity contribution in [3.05, 3.63) is 0 Å². The molecule has 0 spiro atoms. The topological polar surface area (TPSA) is 52.3 Å². The van der Waals surface area contributed by atoms with Crippen molar-refractivity contribution in [2.24, 2.45) is 11.3 Å². The minimum atomic E-state index is -0.228. The molecule has 0 unspecified atom stereocenters. The van der Waals surface area contributed by atoms with Gasteiger partial charge in [0.05, 0.1) is 6.61 Å². The first-order valence-electron chi connectivity index (χ1n) is 3.83. The van der Waals surface area contributed by atoms with E-state index in [2.05, 4.69) is 4.84 Å². The number of nitrogens with two attached hydrogens (primary N) is 1. The Morgan fingerprint density at radius 1 is 1.45 bits per heavy atom. The third kappa shape index (κ3) is 4.93. The van der Waals surface area contributed by atoms with Crippen molar-refractivity contribution in [3.63, 3.8) is 0 Å². The summed E-state index contributed by atoms with van der Waals surface area (Å²) in [7, 11) is 0. The highest BCUT2D eigenvalue weighted by atomic mass is 16.6. The molecular weight excluding hydrogens is 142 g/mol. The standard InChI is InChI=1S/C8H17NO2/c1-8(2,3)7(10)5-4-6-11-9/h4-6,9H2,1-3H3. The Labute approximate surface area is 67.9 Å². The minimum absolute atomic E-state index is 0.228. The molecule has 0 saturated carbocycles. The highest BCUT2D eigenvalue weighted by molar-refractivity contribution is 5.83. The molecule has 11 heavy (non-hydrogen) atoms. The molecule has 0 bridgehead atoms. The van der Waals surface area contributed by atoms with Gasteiger partial charge in [-0.3, -0.25) is 4.79 Å². The van der Waals surface area contributed by atoms with Crippen LogP contribution < -0.4 is 5.90 Å². The maximum Gasteiger partial charge on any atom is 0.138 e. The van der Waals surface area contributed by atoms with Gasteiger partial charge in [-0.25, -0.2) is 5.90 Å². The van der Waals surface area contributed by atoms with Crippen molar-refractivity contribution in [2.75, 3.05) is 6.61 Å². The lowest BCUT2D eigenvalue weighted by Gasteiger charge is -2.15. The van der Waals surface area contributed by atoms with E-state index in [1.165, 1.54) is 0 Å². The van der Waals surface area contributed by atoms with Crippen LogP contribution in [0.2, 0.25) is 0 Å². The van der Waals surface area contributed by atoms with Crippen LogP contribution in [-0.4, -0.2) is 12.4 Å². The summed E-state index contributed by atoms with van der Waals surface area (Å²) in [6.45, 7) is 6.21. The second-order valence-corrected chi connectivity index (χ2v) is 3.65. The summed E-state index contributed by atoms with van der Waals surface area (Å²) >= 11 is 0. The Kier molecular flexibility index (Phi) is 4.30. The third-order valence-electron chi connectivity index (χ3n) is 1.50. The minimum Gasteiger partial charge on any atom is -0.305 e. The van der Waals surface area contributed by atoms with Crippen LogP contribution in [0.5, 0.6) is 0 Å². The van der Waals surface area contributed by atoms with Gasteiger partial charge >= 0.3 is 0 Å². The van der Waals surface area contributed by atoms with E-state index < -0.39 is 0 Å². The van der Waals surface area contributed by atoms with Gasteiger partial charge in [-0.1, -0.05) is 20.8 Å². The third-order valence-corrected chi connectivity index (χ3v) is 1.50. The van der Waals surface area contributed by atoms with E-state index in [0.717, 1.165) is 0 Å². The number of hydrogen-bond donors (Lipinski definition) is 1. The molecule has 0 radical (unpaired) electrons. The number of carbonyl (C=O) groups excluding carboxylic acids is 1. The van der Waals surface area contributed by atoms with Crippen LogP contribution in [0, 0.1) is 5.41 Å². The molecule has 2 N–H and O–H groups in total. The molecule has 0 saturated heterocycles. The summed E-state index contributed by atoms with van der Waals surface area (Å²) < 4.78 is 0. The fourth-order valence-corrected chi connectivity index (χ4v) is 0.691. The quantitative estimate of drug-likeness (QED) is 0.496. The summed E-state index contributed by atoms with van der Waals surface area (Å²) in [6, 6.07) is 0. The summed E-state index contributed by atoms with van der Waals surface area (Å²) in [6.07, 6.45) is 1.27. The van der Waals surface area contributed by atoms with Gasteiger partial charge in [0, 0.05) is 11.8 Å². The molecule has 0 aliphatic heterocycles. The van der Waals surface area contributed by atoms with Crippen molar-refractivity contribution >= 4 is 5.78 Å². The summed E-state index contributed by atoms with van der Waals surface area (Å²) in [4.78, 5) is 15.6. The molecule has 0 rings (SSSR count). The molecule has 0 aromatic rings. The molecule has 0 aromatic carbocycles. The Bertz CT molecular complexity index is 127. The Hall–Kier alpha value is -0.410. The van der Waals surface area contributed by atoms with Gasteiger partial charge < -0.3 is 4.84 Å². The second-order valence-electron chi connectivity index (χ2n) is 3.65. The van der Waals surface area contributed by atoms with Gasteiger partial charge in [0.1, 0.15) is 5.78 Å². The number of carbonyl (C=O) groups is 1. The fraction of sp³-hybridized carbons (Fsp3) is 0.875. The number of Topliss-reactive ketones (excluding diaryl/α,β-unsaturated/α-hetero) is 1. The van der Waals surface area contributed by atoms with Crippen molar-refractivity contribution in [3.8, 4) is 0 Å². The largest absolute Gasteiger partial charge is 0.305 e. The molecule has 0 atom stereocenters. The zero-order chi connectivity index (χ0) is 8.91. The van der Waals surface area contributed by atoms with E-state index in [-0.39, 0.29) is 11.2 Å². The Morgan fingerprint density at radius 3 is 2.36 bits per heavy atom. The van der Waals surface area contributed by atoms with Crippen molar-refractivity contribution in [2.45, 2.75) is 33.6 Å². The van der Waals surface area contributed by atoms with E-state index in [0.29, 0.717) is 19.4 Å². The molecular formula is C8H17NO2. The summed E-state index contributed by atoms with van der Waals surface area (Å²) in [5.41, 5.74) is -0.228. The molecule has 0 heterocycles. The molecule has 66 valence electrons. The maximum absolute atomic E-state index is 11.2. The number of rotatable bonds is 4. The zero-order valence-electron chi connectivity index (χ0n) is 7.52. The lowest BCUT2D eigenvalue weighted by atomic mass is 9.88. The van der Waals surface area contributed by atoms with Gasteiger partial charge in [-0.15, -0.1) is 0 Å². The summed E-state index contributed by atoms with van der Waals surface area (Å²) in [5, 5.41) is 0. The maximum atomic E-state index is 11.2. The molecule has 3 heteroatoms. The molecule has 0 amide bonds. The highest BCUT2D eigenvalue weighted by Crippen LogP contribution is 2.17.